The van der Waals surface area contributed by atoms with Crippen LogP contribution in [-0.4, -0.2) is 29.9 Å². The van der Waals surface area contributed by atoms with Crippen molar-refractivity contribution in [1.82, 2.24) is 0 Å². The van der Waals surface area contributed by atoms with E-state index >= 15 is 0 Å². The quantitative estimate of drug-likeness (QED) is 0.642. The van der Waals surface area contributed by atoms with Crippen LogP contribution >= 0.6 is 0 Å². The molecule has 5 nitrogen and oxygen atoms in total. The van der Waals surface area contributed by atoms with Crippen LogP contribution < -0.4 is 9.47 Å². The zero-order chi connectivity index (χ0) is 21.6. The number of benzene rings is 2. The summed E-state index contributed by atoms with van der Waals surface area (Å²) in [6.07, 6.45) is 8.89. The van der Waals surface area contributed by atoms with E-state index in [1.165, 1.54) is 61.8 Å². The normalized spacial score (nSPS) is 28.5. The summed E-state index contributed by atoms with van der Waals surface area (Å²) in [5, 5.41) is 18.9. The van der Waals surface area contributed by atoms with Crippen molar-refractivity contribution in [3.8, 4) is 17.2 Å². The minimum atomic E-state index is -1.15. The lowest BCUT2D eigenvalue weighted by Crippen LogP contribution is -2.48. The van der Waals surface area contributed by atoms with Gasteiger partial charge in [0.15, 0.2) is 0 Å². The number of methoxy groups -OCH3 is 1. The predicted molar refractivity (Wildman–Crippen MR) is 117 cm³/mol. The number of ether oxygens (including phenoxy) is 2. The van der Waals surface area contributed by atoms with E-state index in [4.69, 9.17) is 14.6 Å². The molecule has 164 valence electrons. The first-order valence-corrected chi connectivity index (χ1v) is 11.3. The number of hydrogen-bond acceptors (Lipinski definition) is 4. The SMILES string of the molecule is COc1ccc(CCOc2ccc(C(=O)O)c(O)c2)cc1C12CC3CC(CC(C3)C1)C2. The van der Waals surface area contributed by atoms with Crippen LogP contribution in [-0.2, 0) is 11.8 Å². The second kappa shape index (κ2) is 7.77. The predicted octanol–water partition coefficient (Wildman–Crippen LogP) is 5.19. The van der Waals surface area contributed by atoms with Gasteiger partial charge in [0.1, 0.15) is 22.8 Å². The maximum absolute atomic E-state index is 11.0. The van der Waals surface area contributed by atoms with Gasteiger partial charge < -0.3 is 19.7 Å². The Bertz CT molecular complexity index is 960. The highest BCUT2D eigenvalue weighted by Crippen LogP contribution is 2.61. The van der Waals surface area contributed by atoms with Gasteiger partial charge in [-0.25, -0.2) is 4.79 Å². The van der Waals surface area contributed by atoms with Crippen molar-refractivity contribution in [2.45, 2.75) is 50.4 Å². The van der Waals surface area contributed by atoms with E-state index in [2.05, 4.69) is 18.2 Å². The van der Waals surface area contributed by atoms with Gasteiger partial charge in [-0.2, -0.15) is 0 Å². The number of carboxylic acid groups (broad SMARTS) is 1. The summed E-state index contributed by atoms with van der Waals surface area (Å²) < 4.78 is 11.6. The smallest absolute Gasteiger partial charge is 0.339 e. The Morgan fingerprint density at radius 2 is 1.71 bits per heavy atom. The summed E-state index contributed by atoms with van der Waals surface area (Å²) in [6.45, 7) is 0.457. The highest BCUT2D eigenvalue weighted by molar-refractivity contribution is 5.90. The van der Waals surface area contributed by atoms with Gasteiger partial charge in [-0.05, 0) is 85.5 Å². The molecule has 0 radical (unpaired) electrons. The molecule has 0 amide bonds. The molecule has 4 saturated carbocycles. The lowest BCUT2D eigenvalue weighted by atomic mass is 9.48. The van der Waals surface area contributed by atoms with Crippen LogP contribution in [0, 0.1) is 17.8 Å². The molecule has 0 saturated heterocycles. The second-order valence-corrected chi connectivity index (χ2v) is 9.82. The first-order valence-electron chi connectivity index (χ1n) is 11.3. The molecule has 4 aliphatic rings. The number of carbonyl (C=O) groups is 1. The van der Waals surface area contributed by atoms with Crippen LogP contribution in [0.2, 0.25) is 0 Å². The molecule has 4 bridgehead atoms. The maximum atomic E-state index is 11.0. The molecule has 0 unspecified atom stereocenters. The summed E-state index contributed by atoms with van der Waals surface area (Å²) in [6, 6.07) is 10.9. The van der Waals surface area contributed by atoms with Gasteiger partial charge in [0, 0.05) is 18.1 Å². The van der Waals surface area contributed by atoms with E-state index in [1.54, 1.807) is 13.2 Å². The summed E-state index contributed by atoms with van der Waals surface area (Å²) in [5.41, 5.74) is 2.76. The molecule has 31 heavy (non-hydrogen) atoms. The average Bonchev–Trinajstić information content (AvgIpc) is 2.72. The van der Waals surface area contributed by atoms with Crippen molar-refractivity contribution < 1.29 is 24.5 Å². The van der Waals surface area contributed by atoms with Crippen molar-refractivity contribution in [3.63, 3.8) is 0 Å². The largest absolute Gasteiger partial charge is 0.507 e. The van der Waals surface area contributed by atoms with Crippen molar-refractivity contribution in [2.24, 2.45) is 17.8 Å². The van der Waals surface area contributed by atoms with Gasteiger partial charge in [-0.3, -0.25) is 0 Å². The molecule has 5 heteroatoms. The van der Waals surface area contributed by atoms with E-state index in [0.29, 0.717) is 12.4 Å². The van der Waals surface area contributed by atoms with E-state index in [9.17, 15) is 9.90 Å². The third-order valence-corrected chi connectivity index (χ3v) is 7.73. The van der Waals surface area contributed by atoms with Gasteiger partial charge in [0.05, 0.1) is 13.7 Å². The molecule has 4 fully saturated rings. The lowest BCUT2D eigenvalue weighted by Gasteiger charge is -2.57. The van der Waals surface area contributed by atoms with Crippen molar-refractivity contribution in [3.05, 3.63) is 53.1 Å². The average molecular weight is 423 g/mol. The number of carboxylic acids is 1. The van der Waals surface area contributed by atoms with Crippen LogP contribution in [0.25, 0.3) is 0 Å². The fourth-order valence-electron chi connectivity index (χ4n) is 6.83. The summed E-state index contributed by atoms with van der Waals surface area (Å²) >= 11 is 0. The molecule has 0 aromatic heterocycles. The first kappa shape index (κ1) is 20.2. The van der Waals surface area contributed by atoms with E-state index < -0.39 is 5.97 Å². The molecule has 0 spiro atoms. The number of aromatic carboxylic acids is 1. The molecule has 0 atom stereocenters. The Kier molecular flexibility index (Phi) is 5.07. The van der Waals surface area contributed by atoms with Crippen molar-refractivity contribution >= 4 is 5.97 Å². The van der Waals surface area contributed by atoms with Gasteiger partial charge >= 0.3 is 5.97 Å². The molecular formula is C26H30O5. The van der Waals surface area contributed by atoms with E-state index in [-0.39, 0.29) is 16.7 Å². The minimum absolute atomic E-state index is 0.122. The third kappa shape index (κ3) is 3.75. The lowest BCUT2D eigenvalue weighted by molar-refractivity contribution is -0.00619. The monoisotopic (exact) mass is 422 g/mol. The van der Waals surface area contributed by atoms with Crippen LogP contribution in [0.4, 0.5) is 0 Å². The number of hydrogen-bond donors (Lipinski definition) is 2. The fraction of sp³-hybridized carbons (Fsp3) is 0.500. The van der Waals surface area contributed by atoms with Crippen LogP contribution in [0.3, 0.4) is 0 Å². The fourth-order valence-corrected chi connectivity index (χ4v) is 6.83. The molecular weight excluding hydrogens is 392 g/mol. The standard InChI is InChI=1S/C26H30O5/c1-30-24-5-2-16(6-7-31-20-3-4-21(25(28)29)23(27)12-20)11-22(24)26-13-17-8-18(14-26)10-19(9-17)15-26/h2-5,11-12,17-19,27H,6-10,13-15H2,1H3,(H,28,29). The molecule has 2 aromatic carbocycles. The second-order valence-electron chi connectivity index (χ2n) is 9.82. The molecule has 2 aromatic rings. The molecule has 2 N–H and O–H groups in total. The van der Waals surface area contributed by atoms with E-state index in [1.807, 2.05) is 0 Å². The molecule has 0 heterocycles. The Morgan fingerprint density at radius 1 is 1.03 bits per heavy atom. The van der Waals surface area contributed by atoms with Gasteiger partial charge in [0.25, 0.3) is 0 Å². The molecule has 0 aliphatic heterocycles. The van der Waals surface area contributed by atoms with Gasteiger partial charge in [0.2, 0.25) is 0 Å². The van der Waals surface area contributed by atoms with Crippen LogP contribution in [0.15, 0.2) is 36.4 Å². The number of aromatic hydroxyl groups is 1. The van der Waals surface area contributed by atoms with Gasteiger partial charge in [-0.1, -0.05) is 12.1 Å². The minimum Gasteiger partial charge on any atom is -0.507 e. The zero-order valence-corrected chi connectivity index (χ0v) is 18.0. The van der Waals surface area contributed by atoms with Gasteiger partial charge in [-0.15, -0.1) is 0 Å². The first-order chi connectivity index (χ1) is 15.0. The summed E-state index contributed by atoms with van der Waals surface area (Å²) in [4.78, 5) is 11.0. The van der Waals surface area contributed by atoms with Crippen molar-refractivity contribution in [2.75, 3.05) is 13.7 Å². The Morgan fingerprint density at radius 3 is 2.29 bits per heavy atom. The topological polar surface area (TPSA) is 76.0 Å². The zero-order valence-electron chi connectivity index (χ0n) is 18.0. The summed E-state index contributed by atoms with van der Waals surface area (Å²) in [7, 11) is 1.77. The van der Waals surface area contributed by atoms with Crippen LogP contribution in [0.1, 0.15) is 60.0 Å². The third-order valence-electron chi connectivity index (χ3n) is 7.73. The Hall–Kier alpha value is -2.69. The Balaban J connectivity index is 1.31. The summed E-state index contributed by atoms with van der Waals surface area (Å²) in [5.74, 6) is 2.69. The highest BCUT2D eigenvalue weighted by Gasteiger charge is 2.52. The van der Waals surface area contributed by atoms with Crippen LogP contribution in [0.5, 0.6) is 17.2 Å². The number of rotatable bonds is 7. The van der Waals surface area contributed by atoms with E-state index in [0.717, 1.165) is 29.9 Å². The molecule has 6 rings (SSSR count). The maximum Gasteiger partial charge on any atom is 0.339 e. The number of phenols is 1. The highest BCUT2D eigenvalue weighted by atomic mass is 16.5. The van der Waals surface area contributed by atoms with Crippen molar-refractivity contribution in [1.29, 1.82) is 0 Å². The Labute approximate surface area is 183 Å². The molecule has 4 aliphatic carbocycles.